The number of hydrogen-bond acceptors (Lipinski definition) is 6. The van der Waals surface area contributed by atoms with Gasteiger partial charge in [0.15, 0.2) is 6.29 Å². The second-order valence-electron chi connectivity index (χ2n) is 6.65. The lowest BCUT2D eigenvalue weighted by molar-refractivity contribution is 0.111. The van der Waals surface area contributed by atoms with E-state index in [1.807, 2.05) is 61.4 Å². The largest absolute Gasteiger partial charge is 0.487 e. The first-order chi connectivity index (χ1) is 13.6. The zero-order valence-electron chi connectivity index (χ0n) is 15.6. The Bertz CT molecular complexity index is 1080. The van der Waals surface area contributed by atoms with E-state index in [0.29, 0.717) is 23.0 Å². The maximum atomic E-state index is 12.6. The summed E-state index contributed by atoms with van der Waals surface area (Å²) in [6.07, 6.45) is 0.590. The number of carbonyl (C=O) groups is 1. The van der Waals surface area contributed by atoms with Gasteiger partial charge in [-0.15, -0.1) is 0 Å². The van der Waals surface area contributed by atoms with Crippen LogP contribution in [0.2, 0.25) is 0 Å². The molecular weight excluding hydrogens is 356 g/mol. The summed E-state index contributed by atoms with van der Waals surface area (Å²) in [6.45, 7) is 1.94. The van der Waals surface area contributed by atoms with Crippen molar-refractivity contribution in [2.24, 2.45) is 0 Å². The van der Waals surface area contributed by atoms with Gasteiger partial charge in [-0.05, 0) is 24.1 Å². The fourth-order valence-corrected chi connectivity index (χ4v) is 3.34. The summed E-state index contributed by atoms with van der Waals surface area (Å²) < 4.78 is 7.27. The summed E-state index contributed by atoms with van der Waals surface area (Å²) in [6, 6.07) is 16.7. The number of aromatic nitrogens is 2. The number of fused-ring (bicyclic) bond motifs is 1. The van der Waals surface area contributed by atoms with E-state index < -0.39 is 0 Å². The second kappa shape index (κ2) is 7.19. The van der Waals surface area contributed by atoms with Crippen LogP contribution in [0.5, 0.6) is 5.75 Å². The summed E-state index contributed by atoms with van der Waals surface area (Å²) in [4.78, 5) is 28.5. The number of ether oxygens (including phenoxy) is 1. The van der Waals surface area contributed by atoms with Crippen LogP contribution < -0.4 is 20.6 Å². The molecule has 7 nitrogen and oxygen atoms in total. The molecule has 1 aliphatic heterocycles. The van der Waals surface area contributed by atoms with Crippen molar-refractivity contribution in [3.63, 3.8) is 0 Å². The zero-order valence-corrected chi connectivity index (χ0v) is 15.6. The van der Waals surface area contributed by atoms with Crippen molar-refractivity contribution >= 4 is 12.2 Å². The number of aldehydes is 1. The van der Waals surface area contributed by atoms with Crippen LogP contribution in [0.15, 0.2) is 59.4 Å². The van der Waals surface area contributed by atoms with E-state index in [1.165, 1.54) is 10.7 Å². The molecule has 0 amide bonds. The molecule has 7 heteroatoms. The Morgan fingerprint density at radius 1 is 1.18 bits per heavy atom. The van der Waals surface area contributed by atoms with Crippen molar-refractivity contribution in [3.8, 4) is 5.75 Å². The molecule has 1 aromatic heterocycles. The summed E-state index contributed by atoms with van der Waals surface area (Å²) in [5.74, 6) is 0.937. The predicted octanol–water partition coefficient (Wildman–Crippen LogP) is 2.64. The Labute approximate surface area is 162 Å². The van der Waals surface area contributed by atoms with Gasteiger partial charge in [-0.2, -0.15) is 4.68 Å². The van der Waals surface area contributed by atoms with Gasteiger partial charge < -0.3 is 10.1 Å². The molecule has 2 aromatic carbocycles. The number of aryl methyl sites for hydroxylation is 1. The fraction of sp³-hybridized carbons (Fsp3) is 0.190. The van der Waals surface area contributed by atoms with Crippen LogP contribution in [0.25, 0.3) is 0 Å². The van der Waals surface area contributed by atoms with Gasteiger partial charge in [0.25, 0.3) is 5.56 Å². The second-order valence-corrected chi connectivity index (χ2v) is 6.65. The van der Waals surface area contributed by atoms with Crippen LogP contribution in [0.3, 0.4) is 0 Å². The minimum atomic E-state index is -0.197. The van der Waals surface area contributed by atoms with Gasteiger partial charge in [0.2, 0.25) is 5.95 Å². The minimum Gasteiger partial charge on any atom is -0.487 e. The SMILES string of the molecule is Cc1cccc(OCc2cc(=O)n3c(n2)NC(c2ccccc2)N3C)c1C=O. The van der Waals surface area contributed by atoms with Crippen molar-refractivity contribution in [1.82, 2.24) is 9.66 Å². The lowest BCUT2D eigenvalue weighted by Gasteiger charge is -2.21. The van der Waals surface area contributed by atoms with E-state index in [9.17, 15) is 9.59 Å². The number of rotatable bonds is 5. The molecule has 28 heavy (non-hydrogen) atoms. The molecule has 1 aliphatic rings. The summed E-state index contributed by atoms with van der Waals surface area (Å²) >= 11 is 0. The van der Waals surface area contributed by atoms with Gasteiger partial charge in [0.05, 0.1) is 11.3 Å². The molecule has 1 N–H and O–H groups in total. The Balaban J connectivity index is 1.59. The van der Waals surface area contributed by atoms with E-state index in [4.69, 9.17) is 4.74 Å². The van der Waals surface area contributed by atoms with E-state index >= 15 is 0 Å². The van der Waals surface area contributed by atoms with Gasteiger partial charge in [0.1, 0.15) is 18.5 Å². The molecule has 4 rings (SSSR count). The minimum absolute atomic E-state index is 0.0920. The highest BCUT2D eigenvalue weighted by Gasteiger charge is 2.29. The number of hydrogen-bond donors (Lipinski definition) is 1. The van der Waals surface area contributed by atoms with E-state index in [1.54, 1.807) is 6.07 Å². The van der Waals surface area contributed by atoms with Crippen LogP contribution in [0.1, 0.15) is 33.3 Å². The molecule has 0 bridgehead atoms. The number of benzene rings is 2. The van der Waals surface area contributed by atoms with Gasteiger partial charge in [-0.1, -0.05) is 42.5 Å². The van der Waals surface area contributed by atoms with Gasteiger partial charge in [-0.25, -0.2) is 4.98 Å². The molecule has 0 spiro atoms. The van der Waals surface area contributed by atoms with Crippen LogP contribution in [0, 0.1) is 6.92 Å². The first-order valence-electron chi connectivity index (χ1n) is 8.93. The third kappa shape index (κ3) is 3.11. The first kappa shape index (κ1) is 17.8. The normalized spacial score (nSPS) is 15.1. The molecule has 1 unspecified atom stereocenters. The number of nitrogens with one attached hydrogen (secondary N) is 1. The molecule has 3 aromatic rings. The number of nitrogens with zero attached hydrogens (tertiary/aromatic N) is 3. The summed E-state index contributed by atoms with van der Waals surface area (Å²) in [5.41, 5.74) is 2.66. The molecule has 0 fully saturated rings. The molecule has 0 saturated heterocycles. The van der Waals surface area contributed by atoms with Crippen molar-refractivity contribution in [2.75, 3.05) is 17.4 Å². The molecule has 0 aliphatic carbocycles. The number of anilines is 1. The maximum absolute atomic E-state index is 12.6. The lowest BCUT2D eigenvalue weighted by Crippen LogP contribution is -2.37. The monoisotopic (exact) mass is 376 g/mol. The standard InChI is InChI=1S/C21H20N4O3/c1-14-7-6-10-18(17(14)12-26)28-13-16-11-19(27)25-21(22-16)23-20(24(25)2)15-8-4-3-5-9-15/h3-12,20H,13H2,1-2H3,(H,22,23). The summed E-state index contributed by atoms with van der Waals surface area (Å²) in [5, 5.41) is 5.09. The van der Waals surface area contributed by atoms with E-state index in [2.05, 4.69) is 10.3 Å². The van der Waals surface area contributed by atoms with Gasteiger partial charge in [0, 0.05) is 13.1 Å². The number of carbonyl (C=O) groups excluding carboxylic acids is 1. The smallest absolute Gasteiger partial charge is 0.274 e. The highest BCUT2D eigenvalue weighted by molar-refractivity contribution is 5.81. The molecular formula is C21H20N4O3. The third-order valence-corrected chi connectivity index (χ3v) is 4.80. The molecule has 0 saturated carbocycles. The van der Waals surface area contributed by atoms with Crippen LogP contribution >= 0.6 is 0 Å². The zero-order chi connectivity index (χ0) is 19.7. The summed E-state index contributed by atoms with van der Waals surface area (Å²) in [7, 11) is 1.84. The van der Waals surface area contributed by atoms with Crippen LogP contribution in [0.4, 0.5) is 5.95 Å². The van der Waals surface area contributed by atoms with Crippen molar-refractivity contribution in [1.29, 1.82) is 0 Å². The average molecular weight is 376 g/mol. The molecule has 1 atom stereocenters. The molecule has 2 heterocycles. The topological polar surface area (TPSA) is 76.5 Å². The lowest BCUT2D eigenvalue weighted by atomic mass is 10.1. The van der Waals surface area contributed by atoms with E-state index in [0.717, 1.165) is 17.4 Å². The van der Waals surface area contributed by atoms with Gasteiger partial charge >= 0.3 is 0 Å². The van der Waals surface area contributed by atoms with Gasteiger partial charge in [-0.3, -0.25) is 14.6 Å². The van der Waals surface area contributed by atoms with Crippen LogP contribution in [-0.2, 0) is 6.61 Å². The predicted molar refractivity (Wildman–Crippen MR) is 106 cm³/mol. The molecule has 0 radical (unpaired) electrons. The average Bonchev–Trinajstić information content (AvgIpc) is 3.04. The Hall–Kier alpha value is -3.61. The van der Waals surface area contributed by atoms with Crippen molar-refractivity contribution in [3.05, 3.63) is 87.3 Å². The third-order valence-electron chi connectivity index (χ3n) is 4.80. The van der Waals surface area contributed by atoms with Crippen LogP contribution in [-0.4, -0.2) is 23.0 Å². The molecule has 142 valence electrons. The Morgan fingerprint density at radius 3 is 2.71 bits per heavy atom. The first-order valence-corrected chi connectivity index (χ1v) is 8.93. The highest BCUT2D eigenvalue weighted by Crippen LogP contribution is 2.26. The van der Waals surface area contributed by atoms with Crippen molar-refractivity contribution < 1.29 is 9.53 Å². The highest BCUT2D eigenvalue weighted by atomic mass is 16.5. The maximum Gasteiger partial charge on any atom is 0.274 e. The quantitative estimate of drug-likeness (QED) is 0.690. The Kier molecular flexibility index (Phi) is 4.57. The van der Waals surface area contributed by atoms with E-state index in [-0.39, 0.29) is 18.3 Å². The Morgan fingerprint density at radius 2 is 1.96 bits per heavy atom. The fourth-order valence-electron chi connectivity index (χ4n) is 3.34. The van der Waals surface area contributed by atoms with Crippen molar-refractivity contribution in [2.45, 2.75) is 19.7 Å².